The number of carbonyl (C=O) groups is 1. The number of benzene rings is 1. The molecule has 27 heavy (non-hydrogen) atoms. The number of ether oxygens (including phenoxy) is 1. The van der Waals surface area contributed by atoms with E-state index in [1.807, 2.05) is 32.0 Å². The Hall–Kier alpha value is -3.06. The van der Waals surface area contributed by atoms with Crippen LogP contribution in [-0.4, -0.2) is 27.9 Å². The number of methoxy groups -OCH3 is 1. The maximum atomic E-state index is 12.3. The number of nitrogens with zero attached hydrogens (tertiary/aromatic N) is 3. The van der Waals surface area contributed by atoms with Gasteiger partial charge >= 0.3 is 6.03 Å². The van der Waals surface area contributed by atoms with Gasteiger partial charge in [-0.15, -0.1) is 0 Å². The van der Waals surface area contributed by atoms with Gasteiger partial charge in [-0.1, -0.05) is 17.7 Å². The first-order valence-corrected chi connectivity index (χ1v) is 8.74. The molecule has 7 nitrogen and oxygen atoms in total. The van der Waals surface area contributed by atoms with Crippen LogP contribution in [0.2, 0.25) is 5.02 Å². The van der Waals surface area contributed by atoms with Crippen molar-refractivity contribution in [3.8, 4) is 11.6 Å². The van der Waals surface area contributed by atoms with Crippen molar-refractivity contribution in [3.05, 3.63) is 65.1 Å². The molecule has 3 rings (SSSR count). The van der Waals surface area contributed by atoms with Gasteiger partial charge in [0.25, 0.3) is 0 Å². The third-order valence-electron chi connectivity index (χ3n) is 4.14. The number of urea groups is 1. The Kier molecular flexibility index (Phi) is 5.61. The minimum atomic E-state index is -0.339. The molecule has 0 aliphatic heterocycles. The second kappa shape index (κ2) is 8.09. The molecule has 1 aromatic carbocycles. The maximum absolute atomic E-state index is 12.3. The fourth-order valence-electron chi connectivity index (χ4n) is 2.74. The van der Waals surface area contributed by atoms with Crippen LogP contribution in [0.4, 0.5) is 10.5 Å². The fraction of sp³-hybridized carbons (Fsp3) is 0.211. The largest absolute Gasteiger partial charge is 0.495 e. The molecular weight excluding hydrogens is 366 g/mol. The average Bonchev–Trinajstić information content (AvgIpc) is 3.04. The topological polar surface area (TPSA) is 81.1 Å². The summed E-state index contributed by atoms with van der Waals surface area (Å²) < 4.78 is 6.85. The van der Waals surface area contributed by atoms with Crippen LogP contribution in [-0.2, 0) is 0 Å². The predicted octanol–water partition coefficient (Wildman–Crippen LogP) is 4.12. The van der Waals surface area contributed by atoms with Crippen LogP contribution < -0.4 is 15.4 Å². The lowest BCUT2D eigenvalue weighted by atomic mass is 10.1. The van der Waals surface area contributed by atoms with Gasteiger partial charge in [-0.2, -0.15) is 5.10 Å². The number of anilines is 1. The summed E-state index contributed by atoms with van der Waals surface area (Å²) in [6, 6.07) is 10.1. The lowest BCUT2D eigenvalue weighted by Gasteiger charge is -2.15. The zero-order chi connectivity index (χ0) is 19.4. The Balaban J connectivity index is 1.68. The first kappa shape index (κ1) is 18.7. The van der Waals surface area contributed by atoms with Gasteiger partial charge in [-0.25, -0.2) is 14.5 Å². The SMILES string of the molecule is COc1ccc(NC(=O)NC(C)c2cnn(-c3ccccn3)c2C)cc1Cl. The van der Waals surface area contributed by atoms with E-state index in [9.17, 15) is 4.79 Å². The van der Waals surface area contributed by atoms with E-state index >= 15 is 0 Å². The van der Waals surface area contributed by atoms with Crippen LogP contribution in [0.25, 0.3) is 5.82 Å². The molecule has 2 heterocycles. The minimum Gasteiger partial charge on any atom is -0.495 e. The summed E-state index contributed by atoms with van der Waals surface area (Å²) in [5, 5.41) is 10.5. The highest BCUT2D eigenvalue weighted by Gasteiger charge is 2.17. The first-order valence-electron chi connectivity index (χ1n) is 8.36. The van der Waals surface area contributed by atoms with E-state index in [-0.39, 0.29) is 12.1 Å². The summed E-state index contributed by atoms with van der Waals surface area (Å²) in [5.41, 5.74) is 2.39. The molecule has 0 radical (unpaired) electrons. The van der Waals surface area contributed by atoms with Gasteiger partial charge in [-0.05, 0) is 44.2 Å². The Morgan fingerprint density at radius 3 is 2.78 bits per heavy atom. The zero-order valence-electron chi connectivity index (χ0n) is 15.2. The Morgan fingerprint density at radius 1 is 1.30 bits per heavy atom. The molecule has 2 amide bonds. The van der Waals surface area contributed by atoms with Crippen molar-refractivity contribution in [1.29, 1.82) is 0 Å². The number of hydrogen-bond acceptors (Lipinski definition) is 4. The zero-order valence-corrected chi connectivity index (χ0v) is 16.0. The van der Waals surface area contributed by atoms with Crippen LogP contribution in [0, 0.1) is 6.92 Å². The van der Waals surface area contributed by atoms with Crippen LogP contribution in [0.15, 0.2) is 48.8 Å². The molecule has 0 aliphatic rings. The minimum absolute atomic E-state index is 0.240. The molecule has 140 valence electrons. The molecule has 0 saturated carbocycles. The maximum Gasteiger partial charge on any atom is 0.319 e. The van der Waals surface area contributed by atoms with Gasteiger partial charge in [0.15, 0.2) is 5.82 Å². The van der Waals surface area contributed by atoms with Gasteiger partial charge in [0.1, 0.15) is 5.75 Å². The number of aromatic nitrogens is 3. The molecule has 0 saturated heterocycles. The normalized spacial score (nSPS) is 11.7. The van der Waals surface area contributed by atoms with Crippen molar-refractivity contribution in [2.24, 2.45) is 0 Å². The standard InChI is InChI=1S/C19H20ClN5O2/c1-12(15-11-22-25(13(15)2)18-6-4-5-9-21-18)23-19(26)24-14-7-8-17(27-3)16(20)10-14/h4-12H,1-3H3,(H2,23,24,26). The van der Waals surface area contributed by atoms with Crippen molar-refractivity contribution < 1.29 is 9.53 Å². The van der Waals surface area contributed by atoms with Crippen LogP contribution in [0.5, 0.6) is 5.75 Å². The number of halogens is 1. The molecule has 0 aliphatic carbocycles. The molecule has 8 heteroatoms. The molecular formula is C19H20ClN5O2. The van der Waals surface area contributed by atoms with E-state index in [1.165, 1.54) is 7.11 Å². The predicted molar refractivity (Wildman–Crippen MR) is 105 cm³/mol. The van der Waals surface area contributed by atoms with Gasteiger partial charge in [0, 0.05) is 23.1 Å². The molecule has 0 fully saturated rings. The van der Waals surface area contributed by atoms with Crippen molar-refractivity contribution in [1.82, 2.24) is 20.1 Å². The van der Waals surface area contributed by atoms with Gasteiger partial charge in [-0.3, -0.25) is 0 Å². The van der Waals surface area contributed by atoms with Gasteiger partial charge in [0.05, 0.1) is 24.4 Å². The van der Waals surface area contributed by atoms with Gasteiger partial charge in [0.2, 0.25) is 0 Å². The fourth-order valence-corrected chi connectivity index (χ4v) is 3.00. The Morgan fingerprint density at radius 2 is 2.11 bits per heavy atom. The summed E-state index contributed by atoms with van der Waals surface area (Å²) in [5.74, 6) is 1.28. The number of carbonyl (C=O) groups excluding carboxylic acids is 1. The summed E-state index contributed by atoms with van der Waals surface area (Å²) >= 11 is 6.08. The van der Waals surface area contributed by atoms with Gasteiger partial charge < -0.3 is 15.4 Å². The second-order valence-electron chi connectivity index (χ2n) is 5.95. The molecule has 2 N–H and O–H groups in total. The lowest BCUT2D eigenvalue weighted by Crippen LogP contribution is -2.31. The first-order chi connectivity index (χ1) is 13.0. The van der Waals surface area contributed by atoms with Crippen LogP contribution >= 0.6 is 11.6 Å². The lowest BCUT2D eigenvalue weighted by molar-refractivity contribution is 0.249. The Labute approximate surface area is 162 Å². The highest BCUT2D eigenvalue weighted by Crippen LogP contribution is 2.27. The monoisotopic (exact) mass is 385 g/mol. The number of amides is 2. The highest BCUT2D eigenvalue weighted by atomic mass is 35.5. The van der Waals surface area contributed by atoms with E-state index in [4.69, 9.17) is 16.3 Å². The molecule has 3 aromatic rings. The molecule has 0 bridgehead atoms. The number of rotatable bonds is 5. The average molecular weight is 386 g/mol. The van der Waals surface area contributed by atoms with Crippen LogP contribution in [0.1, 0.15) is 24.2 Å². The third-order valence-corrected chi connectivity index (χ3v) is 4.43. The molecule has 2 aromatic heterocycles. The van der Waals surface area contributed by atoms with E-state index in [0.29, 0.717) is 16.5 Å². The Bertz CT molecular complexity index is 943. The number of nitrogens with one attached hydrogen (secondary N) is 2. The van der Waals surface area contributed by atoms with E-state index in [1.54, 1.807) is 35.3 Å². The third kappa shape index (κ3) is 4.20. The summed E-state index contributed by atoms with van der Waals surface area (Å²) in [6.45, 7) is 3.84. The second-order valence-corrected chi connectivity index (χ2v) is 6.36. The van der Waals surface area contributed by atoms with Crippen molar-refractivity contribution in [2.45, 2.75) is 19.9 Å². The molecule has 0 spiro atoms. The summed E-state index contributed by atoms with van der Waals surface area (Å²) in [6.07, 6.45) is 3.45. The van der Waals surface area contributed by atoms with E-state index < -0.39 is 0 Å². The van der Waals surface area contributed by atoms with Crippen molar-refractivity contribution in [2.75, 3.05) is 12.4 Å². The molecule has 1 atom stereocenters. The van der Waals surface area contributed by atoms with E-state index in [2.05, 4.69) is 20.7 Å². The van der Waals surface area contributed by atoms with Crippen LogP contribution in [0.3, 0.4) is 0 Å². The van der Waals surface area contributed by atoms with E-state index in [0.717, 1.165) is 17.1 Å². The number of hydrogen-bond donors (Lipinski definition) is 2. The van der Waals surface area contributed by atoms with Crippen molar-refractivity contribution in [3.63, 3.8) is 0 Å². The molecule has 1 unspecified atom stereocenters. The quantitative estimate of drug-likeness (QED) is 0.692. The number of pyridine rings is 1. The highest BCUT2D eigenvalue weighted by molar-refractivity contribution is 6.32. The summed E-state index contributed by atoms with van der Waals surface area (Å²) in [4.78, 5) is 16.6. The smallest absolute Gasteiger partial charge is 0.319 e. The summed E-state index contributed by atoms with van der Waals surface area (Å²) in [7, 11) is 1.54. The van der Waals surface area contributed by atoms with Crippen molar-refractivity contribution >= 4 is 23.3 Å².